The van der Waals surface area contributed by atoms with Crippen LogP contribution in [-0.4, -0.2) is 42.6 Å². The van der Waals surface area contributed by atoms with Crippen molar-refractivity contribution in [1.29, 1.82) is 0 Å². The minimum absolute atomic E-state index is 0.0360. The molecule has 5 nitrogen and oxygen atoms in total. The highest BCUT2D eigenvalue weighted by atomic mass is 32.2. The molecule has 0 radical (unpaired) electrons. The van der Waals surface area contributed by atoms with Gasteiger partial charge in [-0.25, -0.2) is 0 Å². The molecule has 0 saturated heterocycles. The first-order valence-corrected chi connectivity index (χ1v) is 21.1. The second-order valence-electron chi connectivity index (χ2n) is 15.7. The molecular formula is C45H56N2O3S3. The van der Waals surface area contributed by atoms with Gasteiger partial charge in [0, 0.05) is 50.8 Å². The fourth-order valence-corrected chi connectivity index (χ4v) is 10.0. The van der Waals surface area contributed by atoms with Gasteiger partial charge in [-0.15, -0.1) is 0 Å². The number of thioether (sulfide) groups is 1. The van der Waals surface area contributed by atoms with E-state index in [4.69, 9.17) is 4.18 Å². The lowest BCUT2D eigenvalue weighted by molar-refractivity contribution is -0.139. The maximum Gasteiger partial charge on any atom is 0.310 e. The van der Waals surface area contributed by atoms with Crippen molar-refractivity contribution in [3.05, 3.63) is 129 Å². The van der Waals surface area contributed by atoms with Crippen molar-refractivity contribution in [2.24, 2.45) is 5.92 Å². The second-order valence-corrected chi connectivity index (χ2v) is 17.5. The lowest BCUT2D eigenvalue weighted by Gasteiger charge is -2.33. The molecule has 2 heterocycles. The molecule has 1 N–H and O–H groups in total. The Hall–Kier alpha value is -3.04. The van der Waals surface area contributed by atoms with Crippen molar-refractivity contribution in [1.82, 2.24) is 0 Å². The number of carboxylic acids is 1. The molecule has 0 aromatic heterocycles. The Morgan fingerprint density at radius 3 is 2.42 bits per heavy atom. The van der Waals surface area contributed by atoms with E-state index in [9.17, 15) is 9.90 Å². The number of para-hydroxylation sites is 2. The van der Waals surface area contributed by atoms with Crippen molar-refractivity contribution in [2.45, 2.75) is 95.9 Å². The van der Waals surface area contributed by atoms with E-state index in [0.29, 0.717) is 13.0 Å². The van der Waals surface area contributed by atoms with Gasteiger partial charge in [0.1, 0.15) is 0 Å². The SMILES string of the molecule is CC1(C)/C(=C\C=C2/CCCC(/C=C/C3N(CCCCS)c4ccccc4C3(C)C)=C2SC2=CCC(C(=O)O)C=C2)N(CCCCOS)c2ccccc21. The molecule has 8 heteroatoms. The average Bonchev–Trinajstić information content (AvgIpc) is 3.50. The van der Waals surface area contributed by atoms with E-state index >= 15 is 0 Å². The Kier molecular flexibility index (Phi) is 13.2. The molecular weight excluding hydrogens is 713 g/mol. The highest BCUT2D eigenvalue weighted by Gasteiger charge is 2.43. The predicted molar refractivity (Wildman–Crippen MR) is 231 cm³/mol. The van der Waals surface area contributed by atoms with Crippen molar-refractivity contribution < 1.29 is 14.1 Å². The Morgan fingerprint density at radius 1 is 0.962 bits per heavy atom. The molecule has 282 valence electrons. The van der Waals surface area contributed by atoms with Crippen LogP contribution in [0.25, 0.3) is 0 Å². The number of carboxylic acid groups (broad SMARTS) is 1. The first-order valence-electron chi connectivity index (χ1n) is 19.3. The summed E-state index contributed by atoms with van der Waals surface area (Å²) >= 11 is 10.3. The maximum atomic E-state index is 11.7. The lowest BCUT2D eigenvalue weighted by atomic mass is 9.80. The first-order chi connectivity index (χ1) is 25.6. The smallest absolute Gasteiger partial charge is 0.310 e. The van der Waals surface area contributed by atoms with Gasteiger partial charge < -0.3 is 19.1 Å². The van der Waals surface area contributed by atoms with Gasteiger partial charge in [-0.3, -0.25) is 4.79 Å². The van der Waals surface area contributed by atoms with E-state index in [1.807, 2.05) is 12.2 Å². The fraction of sp³-hybridized carbons (Fsp3) is 0.444. The van der Waals surface area contributed by atoms with Gasteiger partial charge in [-0.05, 0) is 111 Å². The summed E-state index contributed by atoms with van der Waals surface area (Å²) in [6.07, 6.45) is 23.4. The predicted octanol–water partition coefficient (Wildman–Crippen LogP) is 11.4. The zero-order chi connectivity index (χ0) is 37.6. The Labute approximate surface area is 333 Å². The monoisotopic (exact) mass is 768 g/mol. The zero-order valence-corrected chi connectivity index (χ0v) is 34.4. The number of nitrogens with zero attached hydrogens (tertiary/aromatic N) is 2. The van der Waals surface area contributed by atoms with Crippen molar-refractivity contribution in [2.75, 3.05) is 35.2 Å². The number of benzene rings is 2. The molecule has 0 spiro atoms. The molecule has 2 aromatic carbocycles. The number of aliphatic carboxylic acids is 1. The van der Waals surface area contributed by atoms with Crippen LogP contribution in [0.5, 0.6) is 0 Å². The van der Waals surface area contributed by atoms with E-state index in [-0.39, 0.29) is 16.9 Å². The number of fused-ring (bicyclic) bond motifs is 2. The summed E-state index contributed by atoms with van der Waals surface area (Å²) in [5, 5.41) is 9.64. The lowest BCUT2D eigenvalue weighted by Crippen LogP contribution is -2.40. The van der Waals surface area contributed by atoms with Crippen LogP contribution in [0, 0.1) is 5.92 Å². The van der Waals surface area contributed by atoms with Crippen molar-refractivity contribution in [3.63, 3.8) is 0 Å². The first kappa shape index (κ1) is 39.6. The number of thiol groups is 2. The Bertz CT molecular complexity index is 1830. The fourth-order valence-electron chi connectivity index (χ4n) is 8.50. The van der Waals surface area contributed by atoms with Gasteiger partial charge in [-0.1, -0.05) is 112 Å². The van der Waals surface area contributed by atoms with Crippen LogP contribution in [-0.2, 0) is 19.8 Å². The largest absolute Gasteiger partial charge is 0.481 e. The molecule has 2 aliphatic carbocycles. The number of allylic oxidation sites excluding steroid dienone is 8. The second kappa shape index (κ2) is 17.6. The van der Waals surface area contributed by atoms with Gasteiger partial charge in [-0.2, -0.15) is 12.6 Å². The van der Waals surface area contributed by atoms with Crippen LogP contribution in [0.1, 0.15) is 90.2 Å². The van der Waals surface area contributed by atoms with E-state index in [0.717, 1.165) is 68.7 Å². The van der Waals surface area contributed by atoms with E-state index in [1.54, 1.807) is 11.8 Å². The number of hydrogen-bond acceptors (Lipinski definition) is 7. The minimum Gasteiger partial charge on any atom is -0.481 e. The summed E-state index contributed by atoms with van der Waals surface area (Å²) in [6, 6.07) is 18.0. The molecule has 4 aliphatic rings. The summed E-state index contributed by atoms with van der Waals surface area (Å²) in [4.78, 5) is 19.3. The highest BCUT2D eigenvalue weighted by Crippen LogP contribution is 2.49. The van der Waals surface area contributed by atoms with Crippen LogP contribution < -0.4 is 9.80 Å². The highest BCUT2D eigenvalue weighted by molar-refractivity contribution is 8.07. The topological polar surface area (TPSA) is 53.0 Å². The number of unbranched alkanes of at least 4 members (excludes halogenated alkanes) is 2. The minimum atomic E-state index is -0.767. The third-order valence-electron chi connectivity index (χ3n) is 11.5. The van der Waals surface area contributed by atoms with Gasteiger partial charge in [0.05, 0.1) is 18.6 Å². The van der Waals surface area contributed by atoms with E-state index in [2.05, 4.69) is 142 Å². The summed E-state index contributed by atoms with van der Waals surface area (Å²) in [5.74, 6) is -0.326. The molecule has 0 saturated carbocycles. The summed E-state index contributed by atoms with van der Waals surface area (Å²) in [6.45, 7) is 12.0. The molecule has 53 heavy (non-hydrogen) atoms. The van der Waals surface area contributed by atoms with Crippen LogP contribution in [0.3, 0.4) is 0 Å². The molecule has 6 rings (SSSR count). The third-order valence-corrected chi connectivity index (χ3v) is 13.2. The summed E-state index contributed by atoms with van der Waals surface area (Å²) in [7, 11) is 0. The maximum absolute atomic E-state index is 11.7. The third kappa shape index (κ3) is 8.61. The molecule has 0 fully saturated rings. The number of hydrogen-bond donors (Lipinski definition) is 3. The van der Waals surface area contributed by atoms with Gasteiger partial charge in [0.2, 0.25) is 0 Å². The van der Waals surface area contributed by atoms with Crippen LogP contribution in [0.4, 0.5) is 11.4 Å². The summed E-state index contributed by atoms with van der Waals surface area (Å²) < 4.78 is 5.08. The Morgan fingerprint density at radius 2 is 1.70 bits per heavy atom. The quantitative estimate of drug-likeness (QED) is 0.0953. The van der Waals surface area contributed by atoms with Crippen LogP contribution >= 0.6 is 37.3 Å². The van der Waals surface area contributed by atoms with E-state index in [1.165, 1.54) is 44.3 Å². The zero-order valence-electron chi connectivity index (χ0n) is 31.8. The van der Waals surface area contributed by atoms with Crippen LogP contribution in [0.2, 0.25) is 0 Å². The number of carbonyl (C=O) groups is 1. The molecule has 0 amide bonds. The van der Waals surface area contributed by atoms with Gasteiger partial charge in [0.15, 0.2) is 0 Å². The van der Waals surface area contributed by atoms with Crippen molar-refractivity contribution in [3.8, 4) is 0 Å². The molecule has 2 aromatic rings. The Balaban J connectivity index is 1.39. The normalized spacial score (nSPS) is 23.3. The summed E-state index contributed by atoms with van der Waals surface area (Å²) in [5.41, 5.74) is 9.25. The molecule has 2 aliphatic heterocycles. The number of anilines is 2. The molecule has 2 atom stereocenters. The van der Waals surface area contributed by atoms with Crippen molar-refractivity contribution >= 4 is 54.6 Å². The number of rotatable bonds is 15. The average molecular weight is 769 g/mol. The van der Waals surface area contributed by atoms with Crippen LogP contribution in [0.15, 0.2) is 118 Å². The van der Waals surface area contributed by atoms with Gasteiger partial charge >= 0.3 is 5.97 Å². The van der Waals surface area contributed by atoms with Gasteiger partial charge in [0.25, 0.3) is 0 Å². The standard InChI is InChI=1S/C45H56N2O3S3/c1-44(2)36-16-5-7-18-38(36)46(28-9-11-30-50-52)40(44)26-22-32-14-13-15-33(42(32)53-35-24-20-34(21-25-35)43(48)49)23-27-41-45(3,4)37-17-6-8-19-39(37)47(41)29-10-12-31-51/h5-8,16-20,22-27,34,41,51-52H,9-15,21,28-31H2,1-4H3,(H,48,49)/b27-23+,32-22+,40-26+. The molecule has 2 unspecified atom stereocenters. The molecule has 0 bridgehead atoms. The van der Waals surface area contributed by atoms with E-state index < -0.39 is 11.9 Å².